The lowest BCUT2D eigenvalue weighted by Gasteiger charge is -2.36. The summed E-state index contributed by atoms with van der Waals surface area (Å²) < 4.78 is 5.62. The summed E-state index contributed by atoms with van der Waals surface area (Å²) in [5.41, 5.74) is -0.194. The molecule has 0 spiro atoms. The molecule has 1 aromatic carbocycles. The van der Waals surface area contributed by atoms with Crippen LogP contribution in [0.3, 0.4) is 0 Å². The van der Waals surface area contributed by atoms with Gasteiger partial charge in [-0.2, -0.15) is 5.26 Å². The van der Waals surface area contributed by atoms with Crippen molar-refractivity contribution >= 4 is 5.91 Å². The molecule has 0 radical (unpaired) electrons. The Morgan fingerprint density at radius 3 is 2.75 bits per heavy atom. The minimum absolute atomic E-state index is 0.0341. The molecule has 1 fully saturated rings. The third-order valence-electron chi connectivity index (χ3n) is 4.22. The van der Waals surface area contributed by atoms with Crippen molar-refractivity contribution in [3.8, 4) is 11.8 Å². The molecule has 0 saturated carbocycles. The van der Waals surface area contributed by atoms with Crippen molar-refractivity contribution < 1.29 is 14.6 Å². The molecule has 0 aliphatic carbocycles. The van der Waals surface area contributed by atoms with E-state index in [9.17, 15) is 9.90 Å². The smallest absolute Gasteiger partial charge is 0.242 e. The van der Waals surface area contributed by atoms with E-state index < -0.39 is 5.54 Å². The van der Waals surface area contributed by atoms with Crippen LogP contribution in [-0.4, -0.2) is 53.8 Å². The van der Waals surface area contributed by atoms with E-state index in [-0.39, 0.29) is 12.0 Å². The normalized spacial score (nSPS) is 15.8. The topological polar surface area (TPSA) is 85.6 Å². The van der Waals surface area contributed by atoms with Crippen LogP contribution in [0.2, 0.25) is 0 Å². The van der Waals surface area contributed by atoms with Crippen LogP contribution in [0.25, 0.3) is 0 Å². The molecule has 1 amide bonds. The lowest BCUT2D eigenvalue weighted by Crippen LogP contribution is -2.56. The number of carbonyl (C=O) groups is 1. The van der Waals surface area contributed by atoms with Crippen molar-refractivity contribution in [1.82, 2.24) is 10.2 Å². The summed E-state index contributed by atoms with van der Waals surface area (Å²) in [5, 5.41) is 21.8. The molecule has 0 atom stereocenters. The minimum atomic E-state index is -0.694. The molecule has 1 saturated heterocycles. The summed E-state index contributed by atoms with van der Waals surface area (Å²) >= 11 is 0. The van der Waals surface area contributed by atoms with E-state index in [4.69, 9.17) is 10.00 Å². The Labute approximate surface area is 143 Å². The quantitative estimate of drug-likeness (QED) is 0.767. The van der Waals surface area contributed by atoms with Crippen LogP contribution in [0.5, 0.6) is 5.75 Å². The first-order valence-corrected chi connectivity index (χ1v) is 8.28. The van der Waals surface area contributed by atoms with Crippen LogP contribution in [0, 0.1) is 11.3 Å². The number of aliphatic hydroxyl groups is 1. The number of nitrogens with zero attached hydrogens (tertiary/aromatic N) is 2. The standard InChI is InChI=1S/C18H25N3O3/c1-18(2,17(23)21-10-7-15(22)8-11-21)20-9-12-24-16-6-4-3-5-14(16)13-19/h3-6,15,20,22H,7-12H2,1-2H3. The summed E-state index contributed by atoms with van der Waals surface area (Å²) in [6.07, 6.45) is 0.977. The van der Waals surface area contributed by atoms with Gasteiger partial charge in [-0.3, -0.25) is 4.79 Å². The highest BCUT2D eigenvalue weighted by atomic mass is 16.5. The highest BCUT2D eigenvalue weighted by molar-refractivity contribution is 5.85. The Kier molecular flexibility index (Phi) is 6.18. The maximum Gasteiger partial charge on any atom is 0.242 e. The molecule has 1 aromatic rings. The van der Waals surface area contributed by atoms with E-state index in [2.05, 4.69) is 11.4 Å². The fourth-order valence-electron chi connectivity index (χ4n) is 2.75. The number of nitrogens with one attached hydrogen (secondary N) is 1. The third-order valence-corrected chi connectivity index (χ3v) is 4.22. The Morgan fingerprint density at radius 1 is 1.42 bits per heavy atom. The number of aliphatic hydroxyl groups excluding tert-OH is 1. The number of nitriles is 1. The number of rotatable bonds is 6. The number of piperidine rings is 1. The van der Waals surface area contributed by atoms with Crippen molar-refractivity contribution in [2.24, 2.45) is 0 Å². The number of benzene rings is 1. The maximum atomic E-state index is 12.6. The Bertz CT molecular complexity index is 602. The van der Waals surface area contributed by atoms with Crippen molar-refractivity contribution in [1.29, 1.82) is 5.26 Å². The van der Waals surface area contributed by atoms with Gasteiger partial charge in [0, 0.05) is 19.6 Å². The molecule has 1 aliphatic rings. The van der Waals surface area contributed by atoms with E-state index >= 15 is 0 Å². The lowest BCUT2D eigenvalue weighted by molar-refractivity contribution is -0.139. The van der Waals surface area contributed by atoms with E-state index in [0.717, 1.165) is 0 Å². The van der Waals surface area contributed by atoms with Gasteiger partial charge in [0.05, 0.1) is 17.2 Å². The van der Waals surface area contributed by atoms with E-state index in [0.29, 0.717) is 50.4 Å². The Hall–Kier alpha value is -2.10. The second-order valence-electron chi connectivity index (χ2n) is 6.53. The molecular weight excluding hydrogens is 306 g/mol. The third kappa shape index (κ3) is 4.70. The summed E-state index contributed by atoms with van der Waals surface area (Å²) in [4.78, 5) is 14.4. The van der Waals surface area contributed by atoms with Crippen LogP contribution in [0.1, 0.15) is 32.3 Å². The minimum Gasteiger partial charge on any atom is -0.491 e. The molecule has 0 aromatic heterocycles. The van der Waals surface area contributed by atoms with Gasteiger partial charge in [-0.1, -0.05) is 12.1 Å². The van der Waals surface area contributed by atoms with Gasteiger partial charge in [0.2, 0.25) is 5.91 Å². The van der Waals surface area contributed by atoms with Crippen molar-refractivity contribution in [2.45, 2.75) is 38.3 Å². The van der Waals surface area contributed by atoms with Gasteiger partial charge < -0.3 is 20.1 Å². The number of hydrogen-bond donors (Lipinski definition) is 2. The fraction of sp³-hybridized carbons (Fsp3) is 0.556. The number of para-hydroxylation sites is 1. The second kappa shape index (κ2) is 8.13. The molecule has 2 N–H and O–H groups in total. The highest BCUT2D eigenvalue weighted by Gasteiger charge is 2.33. The summed E-state index contributed by atoms with van der Waals surface area (Å²) in [5.74, 6) is 0.586. The molecule has 130 valence electrons. The van der Waals surface area contributed by atoms with Crippen LogP contribution >= 0.6 is 0 Å². The van der Waals surface area contributed by atoms with Gasteiger partial charge in [0.15, 0.2) is 0 Å². The molecule has 0 bridgehead atoms. The number of amides is 1. The van der Waals surface area contributed by atoms with Gasteiger partial charge in [0.1, 0.15) is 18.4 Å². The van der Waals surface area contributed by atoms with Gasteiger partial charge in [-0.15, -0.1) is 0 Å². The van der Waals surface area contributed by atoms with Gasteiger partial charge >= 0.3 is 0 Å². The summed E-state index contributed by atoms with van der Waals surface area (Å²) in [7, 11) is 0. The first-order chi connectivity index (χ1) is 11.4. The second-order valence-corrected chi connectivity index (χ2v) is 6.53. The lowest BCUT2D eigenvalue weighted by atomic mass is 10.0. The van der Waals surface area contributed by atoms with Crippen LogP contribution in [-0.2, 0) is 4.79 Å². The van der Waals surface area contributed by atoms with Crippen LogP contribution < -0.4 is 10.1 Å². The largest absolute Gasteiger partial charge is 0.491 e. The summed E-state index contributed by atoms with van der Waals surface area (Å²) in [6.45, 7) is 5.75. The monoisotopic (exact) mass is 331 g/mol. The zero-order valence-corrected chi connectivity index (χ0v) is 14.3. The molecule has 24 heavy (non-hydrogen) atoms. The van der Waals surface area contributed by atoms with Crippen LogP contribution in [0.15, 0.2) is 24.3 Å². The zero-order chi connectivity index (χ0) is 17.6. The summed E-state index contributed by atoms with van der Waals surface area (Å²) in [6, 6.07) is 9.17. The molecule has 6 nitrogen and oxygen atoms in total. The number of likely N-dealkylation sites (tertiary alicyclic amines) is 1. The zero-order valence-electron chi connectivity index (χ0n) is 14.3. The maximum absolute atomic E-state index is 12.6. The molecule has 2 rings (SSSR count). The van der Waals surface area contributed by atoms with Crippen molar-refractivity contribution in [3.05, 3.63) is 29.8 Å². The van der Waals surface area contributed by atoms with Gasteiger partial charge in [-0.25, -0.2) is 0 Å². The molecule has 1 aliphatic heterocycles. The molecule has 6 heteroatoms. The average Bonchev–Trinajstić information content (AvgIpc) is 2.59. The predicted octanol–water partition coefficient (Wildman–Crippen LogP) is 1.29. The SMILES string of the molecule is CC(C)(NCCOc1ccccc1C#N)C(=O)N1CCC(O)CC1. The highest BCUT2D eigenvalue weighted by Crippen LogP contribution is 2.17. The Balaban J connectivity index is 1.80. The molecular formula is C18H25N3O3. The first-order valence-electron chi connectivity index (χ1n) is 8.28. The fourth-order valence-corrected chi connectivity index (χ4v) is 2.75. The number of ether oxygens (including phenoxy) is 1. The first kappa shape index (κ1) is 18.2. The predicted molar refractivity (Wildman–Crippen MR) is 90.6 cm³/mol. The van der Waals surface area contributed by atoms with E-state index in [1.807, 2.05) is 19.9 Å². The van der Waals surface area contributed by atoms with Crippen molar-refractivity contribution in [3.63, 3.8) is 0 Å². The number of hydrogen-bond acceptors (Lipinski definition) is 5. The van der Waals surface area contributed by atoms with Crippen LogP contribution in [0.4, 0.5) is 0 Å². The van der Waals surface area contributed by atoms with Crippen molar-refractivity contribution in [2.75, 3.05) is 26.2 Å². The van der Waals surface area contributed by atoms with Gasteiger partial charge in [-0.05, 0) is 38.8 Å². The van der Waals surface area contributed by atoms with E-state index in [1.54, 1.807) is 23.1 Å². The van der Waals surface area contributed by atoms with Gasteiger partial charge in [0.25, 0.3) is 0 Å². The molecule has 0 unspecified atom stereocenters. The number of carbonyl (C=O) groups excluding carboxylic acids is 1. The molecule has 1 heterocycles. The van der Waals surface area contributed by atoms with E-state index in [1.165, 1.54) is 0 Å². The average molecular weight is 331 g/mol. The Morgan fingerprint density at radius 2 is 2.08 bits per heavy atom.